The van der Waals surface area contributed by atoms with Crippen LogP contribution in [0.15, 0.2) is 41.3 Å². The SMILES string of the molecule is CCN1CCN(Cc2ccn(Cc3ccccc3Cl)c(=O)c2O)CC1. The van der Waals surface area contributed by atoms with Crippen LogP contribution in [0.3, 0.4) is 0 Å². The van der Waals surface area contributed by atoms with Gasteiger partial charge in [0.25, 0.3) is 5.56 Å². The molecule has 2 aromatic rings. The molecular formula is C19H24ClN3O2. The highest BCUT2D eigenvalue weighted by Crippen LogP contribution is 2.18. The second-order valence-electron chi connectivity index (χ2n) is 6.42. The Hall–Kier alpha value is -1.82. The average Bonchev–Trinajstić information content (AvgIpc) is 2.63. The summed E-state index contributed by atoms with van der Waals surface area (Å²) in [6, 6.07) is 9.25. The molecule has 1 aromatic carbocycles. The molecule has 0 saturated carbocycles. The van der Waals surface area contributed by atoms with Crippen molar-refractivity contribution >= 4 is 11.6 Å². The molecule has 3 rings (SSSR count). The minimum Gasteiger partial charge on any atom is -0.503 e. The minimum atomic E-state index is -0.371. The zero-order valence-corrected chi connectivity index (χ0v) is 15.2. The summed E-state index contributed by atoms with van der Waals surface area (Å²) in [5.74, 6) is -0.160. The van der Waals surface area contributed by atoms with Gasteiger partial charge in [0.15, 0.2) is 5.75 Å². The zero-order valence-electron chi connectivity index (χ0n) is 14.5. The molecule has 5 nitrogen and oxygen atoms in total. The molecule has 0 amide bonds. The molecule has 0 atom stereocenters. The van der Waals surface area contributed by atoms with Crippen molar-refractivity contribution in [2.45, 2.75) is 20.0 Å². The lowest BCUT2D eigenvalue weighted by molar-refractivity contribution is 0.131. The third kappa shape index (κ3) is 4.24. The Morgan fingerprint density at radius 3 is 2.36 bits per heavy atom. The lowest BCUT2D eigenvalue weighted by atomic mass is 10.2. The van der Waals surface area contributed by atoms with Crippen molar-refractivity contribution in [3.63, 3.8) is 0 Å². The first-order chi connectivity index (χ1) is 12.1. The highest BCUT2D eigenvalue weighted by atomic mass is 35.5. The second kappa shape index (κ2) is 8.04. The molecule has 1 aliphatic rings. The fraction of sp³-hybridized carbons (Fsp3) is 0.421. The molecule has 2 heterocycles. The quantitative estimate of drug-likeness (QED) is 0.888. The van der Waals surface area contributed by atoms with Gasteiger partial charge in [0.1, 0.15) is 0 Å². The predicted molar refractivity (Wildman–Crippen MR) is 100 cm³/mol. The first-order valence-corrected chi connectivity index (χ1v) is 9.05. The van der Waals surface area contributed by atoms with E-state index in [1.54, 1.807) is 12.3 Å². The summed E-state index contributed by atoms with van der Waals surface area (Å²) in [7, 11) is 0. The topological polar surface area (TPSA) is 48.7 Å². The van der Waals surface area contributed by atoms with Gasteiger partial charge in [-0.05, 0) is 24.2 Å². The van der Waals surface area contributed by atoms with Crippen LogP contribution in [0, 0.1) is 0 Å². The highest BCUT2D eigenvalue weighted by molar-refractivity contribution is 6.31. The Kier molecular flexibility index (Phi) is 5.78. The molecule has 1 aromatic heterocycles. The Balaban J connectivity index is 1.72. The number of rotatable bonds is 5. The largest absolute Gasteiger partial charge is 0.503 e. The van der Waals surface area contributed by atoms with Crippen LogP contribution in [0.1, 0.15) is 18.1 Å². The predicted octanol–water partition coefficient (Wildman–Crippen LogP) is 2.39. The van der Waals surface area contributed by atoms with Gasteiger partial charge in [-0.2, -0.15) is 0 Å². The molecule has 1 aliphatic heterocycles. The average molecular weight is 362 g/mol. The van der Waals surface area contributed by atoms with E-state index in [2.05, 4.69) is 16.7 Å². The van der Waals surface area contributed by atoms with Gasteiger partial charge in [-0.25, -0.2) is 0 Å². The third-order valence-electron chi connectivity index (χ3n) is 4.83. The lowest BCUT2D eigenvalue weighted by Gasteiger charge is -2.34. The van der Waals surface area contributed by atoms with Crippen LogP contribution in [-0.2, 0) is 13.1 Å². The van der Waals surface area contributed by atoms with Crippen LogP contribution in [-0.4, -0.2) is 52.2 Å². The van der Waals surface area contributed by atoms with Crippen LogP contribution in [0.4, 0.5) is 0 Å². The summed E-state index contributed by atoms with van der Waals surface area (Å²) < 4.78 is 1.50. The summed E-state index contributed by atoms with van der Waals surface area (Å²) in [6.07, 6.45) is 1.74. The molecule has 0 radical (unpaired) electrons. The van der Waals surface area contributed by atoms with Crippen molar-refractivity contribution in [2.24, 2.45) is 0 Å². The fourth-order valence-corrected chi connectivity index (χ4v) is 3.36. The number of aromatic hydroxyl groups is 1. The summed E-state index contributed by atoms with van der Waals surface area (Å²) in [5.41, 5.74) is 1.17. The number of halogens is 1. The van der Waals surface area contributed by atoms with Gasteiger partial charge < -0.3 is 14.6 Å². The van der Waals surface area contributed by atoms with Crippen molar-refractivity contribution < 1.29 is 5.11 Å². The zero-order chi connectivity index (χ0) is 17.8. The van der Waals surface area contributed by atoms with E-state index < -0.39 is 0 Å². The Morgan fingerprint density at radius 2 is 1.68 bits per heavy atom. The molecule has 1 fully saturated rings. The molecule has 0 aliphatic carbocycles. The van der Waals surface area contributed by atoms with Gasteiger partial charge in [-0.15, -0.1) is 0 Å². The van der Waals surface area contributed by atoms with Gasteiger partial charge in [-0.1, -0.05) is 36.7 Å². The van der Waals surface area contributed by atoms with Gasteiger partial charge >= 0.3 is 0 Å². The van der Waals surface area contributed by atoms with Gasteiger partial charge in [0, 0.05) is 49.5 Å². The summed E-state index contributed by atoms with van der Waals surface area (Å²) in [6.45, 7) is 8.15. The molecule has 6 heteroatoms. The number of benzene rings is 1. The van der Waals surface area contributed by atoms with Crippen LogP contribution in [0.2, 0.25) is 5.02 Å². The number of hydrogen-bond acceptors (Lipinski definition) is 4. The number of hydrogen-bond donors (Lipinski definition) is 1. The maximum Gasteiger partial charge on any atom is 0.293 e. The number of likely N-dealkylation sites (N-methyl/N-ethyl adjacent to an activating group) is 1. The fourth-order valence-electron chi connectivity index (χ4n) is 3.17. The molecule has 1 saturated heterocycles. The lowest BCUT2D eigenvalue weighted by Crippen LogP contribution is -2.45. The number of pyridine rings is 1. The van der Waals surface area contributed by atoms with E-state index in [1.165, 1.54) is 4.57 Å². The van der Waals surface area contributed by atoms with Crippen molar-refractivity contribution in [3.8, 4) is 5.75 Å². The van der Waals surface area contributed by atoms with E-state index >= 15 is 0 Å². The maximum atomic E-state index is 12.5. The third-order valence-corrected chi connectivity index (χ3v) is 5.20. The monoisotopic (exact) mass is 361 g/mol. The number of nitrogens with zero attached hydrogens (tertiary/aromatic N) is 3. The summed E-state index contributed by atoms with van der Waals surface area (Å²) in [4.78, 5) is 17.2. The molecule has 0 unspecified atom stereocenters. The summed E-state index contributed by atoms with van der Waals surface area (Å²) in [5, 5.41) is 11.0. The van der Waals surface area contributed by atoms with Gasteiger partial charge in [0.2, 0.25) is 0 Å². The summed E-state index contributed by atoms with van der Waals surface area (Å²) >= 11 is 6.16. The van der Waals surface area contributed by atoms with Gasteiger partial charge in [-0.3, -0.25) is 9.69 Å². The molecule has 25 heavy (non-hydrogen) atoms. The van der Waals surface area contributed by atoms with Crippen LogP contribution in [0.25, 0.3) is 0 Å². The van der Waals surface area contributed by atoms with Crippen molar-refractivity contribution in [2.75, 3.05) is 32.7 Å². The van der Waals surface area contributed by atoms with E-state index in [9.17, 15) is 9.90 Å². The van der Waals surface area contributed by atoms with Gasteiger partial charge in [0.05, 0.1) is 6.54 Å². The van der Waals surface area contributed by atoms with E-state index in [-0.39, 0.29) is 11.3 Å². The second-order valence-corrected chi connectivity index (χ2v) is 6.83. The van der Waals surface area contributed by atoms with E-state index in [4.69, 9.17) is 11.6 Å². The van der Waals surface area contributed by atoms with Crippen molar-refractivity contribution in [3.05, 3.63) is 63.0 Å². The molecule has 134 valence electrons. The highest BCUT2D eigenvalue weighted by Gasteiger charge is 2.18. The normalized spacial score (nSPS) is 16.2. The number of aromatic nitrogens is 1. The van der Waals surface area contributed by atoms with Crippen molar-refractivity contribution in [1.82, 2.24) is 14.4 Å². The van der Waals surface area contributed by atoms with Crippen LogP contribution in [0.5, 0.6) is 5.75 Å². The first-order valence-electron chi connectivity index (χ1n) is 8.68. The molecular weight excluding hydrogens is 338 g/mol. The number of piperazine rings is 1. The maximum absolute atomic E-state index is 12.5. The molecule has 1 N–H and O–H groups in total. The Morgan fingerprint density at radius 1 is 1.00 bits per heavy atom. The van der Waals surface area contributed by atoms with E-state index in [0.29, 0.717) is 23.7 Å². The van der Waals surface area contributed by atoms with E-state index in [1.807, 2.05) is 24.3 Å². The van der Waals surface area contributed by atoms with E-state index in [0.717, 1.165) is 38.3 Å². The standard InChI is InChI=1S/C19H24ClN3O2/c1-2-21-9-11-22(12-10-21)13-16-7-8-23(19(25)18(16)24)14-15-5-3-4-6-17(15)20/h3-8,24H,2,9-14H2,1H3. The first kappa shape index (κ1) is 18.0. The Bertz CT molecular complexity index is 782. The smallest absolute Gasteiger partial charge is 0.293 e. The van der Waals surface area contributed by atoms with Crippen LogP contribution >= 0.6 is 11.6 Å². The van der Waals surface area contributed by atoms with Crippen LogP contribution < -0.4 is 5.56 Å². The minimum absolute atomic E-state index is 0.160. The molecule has 0 bridgehead atoms. The van der Waals surface area contributed by atoms with Crippen molar-refractivity contribution in [1.29, 1.82) is 0 Å². The molecule has 0 spiro atoms. The Labute approximate surface area is 153 Å².